The van der Waals surface area contributed by atoms with Crippen molar-refractivity contribution in [2.75, 3.05) is 23.3 Å². The molecule has 3 N–H and O–H groups in total. The molecule has 0 aliphatic carbocycles. The Morgan fingerprint density at radius 1 is 1.02 bits per heavy atom. The highest BCUT2D eigenvalue weighted by Gasteiger charge is 2.34. The van der Waals surface area contributed by atoms with Gasteiger partial charge >= 0.3 is 0 Å². The second-order valence-electron chi connectivity index (χ2n) is 10.3. The van der Waals surface area contributed by atoms with Gasteiger partial charge in [-0.3, -0.25) is 9.78 Å². The minimum absolute atomic E-state index is 0.155. The standard InChI is InChI=1S/C31H30ClN7O2/c1-21-4-5-22(19-33-21)20-34-29(40)23-6-12-26(13-7-23)35-30-36-28-27(3-2-16-39(28)37-30)38-17-14-31(41,15-18-38)24-8-10-25(32)11-9-24/h2-13,16,19,41H,14-15,17-18,20H2,1H3,(H,34,40)(H,35,37). The SMILES string of the molecule is Cc1ccc(CNC(=O)c2ccc(Nc3nc4c(N5CCC(O)(c6ccc(Cl)cc6)CC5)cccn4n3)cc2)cn1. The topological polar surface area (TPSA) is 108 Å². The van der Waals surface area contributed by atoms with Crippen molar-refractivity contribution >= 4 is 40.5 Å². The molecular formula is C31H30ClN7O2. The summed E-state index contributed by atoms with van der Waals surface area (Å²) in [4.78, 5) is 23.8. The van der Waals surface area contributed by atoms with Gasteiger partial charge in [0, 0.05) is 54.0 Å². The third-order valence-corrected chi connectivity index (χ3v) is 7.74. The number of rotatable bonds is 7. The molecule has 0 unspecified atom stereocenters. The number of carbonyl (C=O) groups is 1. The average Bonchev–Trinajstić information content (AvgIpc) is 3.40. The Balaban J connectivity index is 1.10. The van der Waals surface area contributed by atoms with Crippen LogP contribution in [0.1, 0.15) is 40.0 Å². The predicted octanol–water partition coefficient (Wildman–Crippen LogP) is 5.25. The van der Waals surface area contributed by atoms with Gasteiger partial charge in [0.2, 0.25) is 5.95 Å². The quantitative estimate of drug-likeness (QED) is 0.247. The summed E-state index contributed by atoms with van der Waals surface area (Å²) < 4.78 is 1.75. The maximum Gasteiger partial charge on any atom is 0.251 e. The lowest BCUT2D eigenvalue weighted by molar-refractivity contribution is 0.0118. The van der Waals surface area contributed by atoms with E-state index < -0.39 is 5.60 Å². The zero-order valence-electron chi connectivity index (χ0n) is 22.6. The highest BCUT2D eigenvalue weighted by molar-refractivity contribution is 6.30. The number of amides is 1. The summed E-state index contributed by atoms with van der Waals surface area (Å²) in [5, 5.41) is 22.7. The van der Waals surface area contributed by atoms with Gasteiger partial charge in [-0.25, -0.2) is 4.52 Å². The van der Waals surface area contributed by atoms with Crippen LogP contribution < -0.4 is 15.5 Å². The molecule has 0 radical (unpaired) electrons. The fourth-order valence-electron chi connectivity index (χ4n) is 5.08. The van der Waals surface area contributed by atoms with Crippen LogP contribution in [0.15, 0.2) is 85.2 Å². The number of hydrogen-bond acceptors (Lipinski definition) is 7. The molecule has 9 nitrogen and oxygen atoms in total. The van der Waals surface area contributed by atoms with E-state index in [-0.39, 0.29) is 5.91 Å². The van der Waals surface area contributed by atoms with Crippen molar-refractivity contribution in [1.29, 1.82) is 0 Å². The van der Waals surface area contributed by atoms with Crippen molar-refractivity contribution in [3.05, 3.63) is 113 Å². The van der Waals surface area contributed by atoms with E-state index in [1.165, 1.54) is 0 Å². The third kappa shape index (κ3) is 5.86. The van der Waals surface area contributed by atoms with Gasteiger partial charge in [0.25, 0.3) is 5.91 Å². The summed E-state index contributed by atoms with van der Waals surface area (Å²) in [6.07, 6.45) is 4.82. The molecule has 0 spiro atoms. The molecule has 10 heteroatoms. The number of fused-ring (bicyclic) bond motifs is 1. The molecule has 1 amide bonds. The van der Waals surface area contributed by atoms with Crippen LogP contribution in [0.25, 0.3) is 5.65 Å². The Morgan fingerprint density at radius 2 is 1.78 bits per heavy atom. The number of nitrogens with one attached hydrogen (secondary N) is 2. The monoisotopic (exact) mass is 567 g/mol. The molecule has 1 saturated heterocycles. The van der Waals surface area contributed by atoms with Gasteiger partial charge in [-0.2, -0.15) is 4.98 Å². The van der Waals surface area contributed by atoms with Crippen LogP contribution in [0.4, 0.5) is 17.3 Å². The molecular weight excluding hydrogens is 538 g/mol. The van der Waals surface area contributed by atoms with Crippen molar-refractivity contribution in [3.63, 3.8) is 0 Å². The van der Waals surface area contributed by atoms with Gasteiger partial charge in [-0.15, -0.1) is 5.10 Å². The highest BCUT2D eigenvalue weighted by atomic mass is 35.5. The maximum atomic E-state index is 12.6. The first-order chi connectivity index (χ1) is 19.9. The van der Waals surface area contributed by atoms with Gasteiger partial charge in [0.15, 0.2) is 5.65 Å². The smallest absolute Gasteiger partial charge is 0.251 e. The van der Waals surface area contributed by atoms with E-state index >= 15 is 0 Å². The van der Waals surface area contributed by atoms with Gasteiger partial charge in [-0.1, -0.05) is 29.8 Å². The Labute approximate surface area is 242 Å². The normalized spacial score (nSPS) is 14.7. The van der Waals surface area contributed by atoms with E-state index in [9.17, 15) is 9.90 Å². The van der Waals surface area contributed by atoms with Crippen LogP contribution in [0.5, 0.6) is 0 Å². The van der Waals surface area contributed by atoms with E-state index in [1.54, 1.807) is 22.8 Å². The molecule has 1 aliphatic rings. The number of aromatic nitrogens is 4. The third-order valence-electron chi connectivity index (χ3n) is 7.48. The van der Waals surface area contributed by atoms with Crippen LogP contribution in [0.2, 0.25) is 5.02 Å². The number of pyridine rings is 2. The maximum absolute atomic E-state index is 12.6. The first-order valence-corrected chi connectivity index (χ1v) is 13.9. The van der Waals surface area contributed by atoms with Crippen molar-refractivity contribution in [1.82, 2.24) is 24.9 Å². The number of halogens is 1. The molecule has 4 heterocycles. The number of piperidine rings is 1. The largest absolute Gasteiger partial charge is 0.385 e. The zero-order chi connectivity index (χ0) is 28.4. The first kappa shape index (κ1) is 26.7. The van der Waals surface area contributed by atoms with E-state index in [0.717, 1.165) is 33.8 Å². The lowest BCUT2D eigenvalue weighted by Gasteiger charge is -2.39. The fourth-order valence-corrected chi connectivity index (χ4v) is 5.21. The number of anilines is 3. The molecule has 0 saturated carbocycles. The summed E-state index contributed by atoms with van der Waals surface area (Å²) >= 11 is 6.03. The summed E-state index contributed by atoms with van der Waals surface area (Å²) in [6, 6.07) is 22.5. The van der Waals surface area contributed by atoms with E-state index in [1.807, 2.05) is 73.8 Å². The Morgan fingerprint density at radius 3 is 2.49 bits per heavy atom. The number of nitrogens with zero attached hydrogens (tertiary/aromatic N) is 5. The molecule has 41 heavy (non-hydrogen) atoms. The molecule has 3 aromatic heterocycles. The Bertz CT molecular complexity index is 1660. The number of aliphatic hydroxyl groups is 1. The Kier molecular flexibility index (Phi) is 7.30. The van der Waals surface area contributed by atoms with Crippen LogP contribution in [0, 0.1) is 6.92 Å². The summed E-state index contributed by atoms with van der Waals surface area (Å²) in [5.74, 6) is 0.299. The lowest BCUT2D eigenvalue weighted by Crippen LogP contribution is -2.42. The lowest BCUT2D eigenvalue weighted by atomic mass is 9.84. The predicted molar refractivity (Wildman–Crippen MR) is 160 cm³/mol. The molecule has 0 bridgehead atoms. The van der Waals surface area contributed by atoms with Crippen LogP contribution in [-0.2, 0) is 12.1 Å². The van der Waals surface area contributed by atoms with Gasteiger partial charge in [0.05, 0.1) is 11.3 Å². The molecule has 6 rings (SSSR count). The van der Waals surface area contributed by atoms with Gasteiger partial charge in [0.1, 0.15) is 0 Å². The van der Waals surface area contributed by atoms with Crippen molar-refractivity contribution < 1.29 is 9.90 Å². The molecule has 1 fully saturated rings. The van der Waals surface area contributed by atoms with E-state index in [0.29, 0.717) is 49.0 Å². The number of benzene rings is 2. The molecule has 208 valence electrons. The molecule has 2 aromatic carbocycles. The van der Waals surface area contributed by atoms with Crippen LogP contribution in [0.3, 0.4) is 0 Å². The van der Waals surface area contributed by atoms with Crippen LogP contribution >= 0.6 is 11.6 Å². The molecule has 5 aromatic rings. The number of hydrogen-bond donors (Lipinski definition) is 3. The van der Waals surface area contributed by atoms with Gasteiger partial charge < -0.3 is 20.6 Å². The average molecular weight is 568 g/mol. The minimum Gasteiger partial charge on any atom is -0.385 e. The molecule has 0 atom stereocenters. The van der Waals surface area contributed by atoms with Gasteiger partial charge in [-0.05, 0) is 85.5 Å². The fraction of sp³-hybridized carbons (Fsp3) is 0.226. The number of carbonyl (C=O) groups excluding carboxylic acids is 1. The van der Waals surface area contributed by atoms with Crippen LogP contribution in [-0.4, -0.2) is 43.7 Å². The highest BCUT2D eigenvalue weighted by Crippen LogP contribution is 2.36. The zero-order valence-corrected chi connectivity index (χ0v) is 23.3. The second-order valence-corrected chi connectivity index (χ2v) is 10.8. The van der Waals surface area contributed by atoms with Crippen molar-refractivity contribution in [2.45, 2.75) is 31.9 Å². The summed E-state index contributed by atoms with van der Waals surface area (Å²) in [7, 11) is 0. The van der Waals surface area contributed by atoms with Crippen molar-refractivity contribution in [2.24, 2.45) is 0 Å². The first-order valence-electron chi connectivity index (χ1n) is 13.5. The second kappa shape index (κ2) is 11.2. The number of aryl methyl sites for hydroxylation is 1. The summed E-state index contributed by atoms with van der Waals surface area (Å²) in [6.45, 7) is 3.70. The minimum atomic E-state index is -0.881. The molecule has 1 aliphatic heterocycles. The van der Waals surface area contributed by atoms with E-state index in [2.05, 4.69) is 25.6 Å². The Hall–Kier alpha value is -4.47. The summed E-state index contributed by atoms with van der Waals surface area (Å²) in [5.41, 5.74) is 4.91. The van der Waals surface area contributed by atoms with E-state index in [4.69, 9.17) is 16.6 Å². The van der Waals surface area contributed by atoms with Crippen molar-refractivity contribution in [3.8, 4) is 0 Å².